The van der Waals surface area contributed by atoms with Crippen LogP contribution in [0.4, 0.5) is 5.69 Å². The fourth-order valence-electron chi connectivity index (χ4n) is 3.88. The summed E-state index contributed by atoms with van der Waals surface area (Å²) < 4.78 is 1.74. The third-order valence-corrected chi connectivity index (χ3v) is 6.97. The van der Waals surface area contributed by atoms with Gasteiger partial charge >= 0.3 is 5.97 Å². The van der Waals surface area contributed by atoms with Crippen molar-refractivity contribution >= 4 is 50.9 Å². The van der Waals surface area contributed by atoms with Gasteiger partial charge in [-0.25, -0.2) is 4.98 Å². The number of aliphatic carboxylic acids is 1. The number of aromatic nitrogens is 1. The maximum Gasteiger partial charge on any atom is 0.307 e. The average molecular weight is 385 g/mol. The van der Waals surface area contributed by atoms with E-state index in [1.165, 1.54) is 23.1 Å². The Kier molecular flexibility index (Phi) is 4.42. The molecule has 1 heterocycles. The van der Waals surface area contributed by atoms with Crippen molar-refractivity contribution in [3.8, 4) is 6.07 Å². The predicted octanol–water partition coefficient (Wildman–Crippen LogP) is 3.37. The number of carbonyl (C=O) groups excluding carboxylic acids is 1. The summed E-state index contributed by atoms with van der Waals surface area (Å²) in [6, 6.07) is 7.52. The van der Waals surface area contributed by atoms with Crippen molar-refractivity contribution in [3.63, 3.8) is 0 Å². The number of carboxylic acids is 1. The molecule has 0 aliphatic heterocycles. The number of nitrogens with one attached hydrogen (secondary N) is 1. The number of amides is 1. The Labute approximate surface area is 157 Å². The molecule has 2 aromatic rings. The first-order valence-electron chi connectivity index (χ1n) is 8.19. The number of hydrogen-bond donors (Lipinski definition) is 2. The van der Waals surface area contributed by atoms with Crippen LogP contribution in [0.15, 0.2) is 34.7 Å². The van der Waals surface area contributed by atoms with Gasteiger partial charge in [0, 0.05) is 5.69 Å². The molecule has 1 amide bonds. The van der Waals surface area contributed by atoms with E-state index in [2.05, 4.69) is 16.4 Å². The number of carbonyl (C=O) groups is 2. The molecule has 2 bridgehead atoms. The summed E-state index contributed by atoms with van der Waals surface area (Å²) in [4.78, 5) is 28.8. The zero-order valence-electron chi connectivity index (χ0n) is 13.6. The van der Waals surface area contributed by atoms with E-state index >= 15 is 0 Å². The molecule has 2 aliphatic rings. The molecular formula is C18H15N3O3S2. The van der Waals surface area contributed by atoms with E-state index in [-0.39, 0.29) is 17.7 Å². The first-order chi connectivity index (χ1) is 12.6. The molecule has 1 aromatic heterocycles. The molecule has 8 heteroatoms. The van der Waals surface area contributed by atoms with E-state index in [1.54, 1.807) is 6.07 Å². The van der Waals surface area contributed by atoms with E-state index < -0.39 is 17.8 Å². The lowest BCUT2D eigenvalue weighted by Crippen LogP contribution is -2.36. The number of benzene rings is 1. The van der Waals surface area contributed by atoms with Gasteiger partial charge in [-0.2, -0.15) is 5.26 Å². The van der Waals surface area contributed by atoms with Crippen molar-refractivity contribution in [2.45, 2.75) is 10.8 Å². The summed E-state index contributed by atoms with van der Waals surface area (Å²) >= 11 is 2.86. The van der Waals surface area contributed by atoms with Crippen molar-refractivity contribution in [3.05, 3.63) is 30.4 Å². The standard InChI is InChI=1S/C18H15N3O3S2/c19-5-6-25-18-21-12-4-3-11(8-13(12)26-18)20-16(22)14-9-1-2-10(7-9)15(14)17(23)24/h1-4,8-10,14-15H,6-7H2,(H,20,22)(H,23,24)/t9-,10-,14+,15-/m0/s1. The maximum atomic E-state index is 12.7. The van der Waals surface area contributed by atoms with Crippen molar-refractivity contribution in [2.75, 3.05) is 11.1 Å². The van der Waals surface area contributed by atoms with Gasteiger partial charge in [-0.1, -0.05) is 23.9 Å². The molecular weight excluding hydrogens is 370 g/mol. The minimum absolute atomic E-state index is 0.00206. The van der Waals surface area contributed by atoms with Crippen LogP contribution in [-0.4, -0.2) is 27.7 Å². The first kappa shape index (κ1) is 17.1. The number of allylic oxidation sites excluding steroid dienone is 2. The van der Waals surface area contributed by atoms with Gasteiger partial charge in [-0.05, 0) is 36.5 Å². The van der Waals surface area contributed by atoms with Crippen LogP contribution in [0.2, 0.25) is 0 Å². The van der Waals surface area contributed by atoms with Gasteiger partial charge in [0.1, 0.15) is 0 Å². The van der Waals surface area contributed by atoms with Crippen LogP contribution in [-0.2, 0) is 9.59 Å². The summed E-state index contributed by atoms with van der Waals surface area (Å²) in [5.41, 5.74) is 1.46. The van der Waals surface area contributed by atoms with Crippen molar-refractivity contribution in [1.82, 2.24) is 4.98 Å². The fourth-order valence-corrected chi connectivity index (χ4v) is 5.65. The van der Waals surface area contributed by atoms with E-state index in [0.717, 1.165) is 21.0 Å². The highest BCUT2D eigenvalue weighted by atomic mass is 32.2. The molecule has 1 aromatic carbocycles. The van der Waals surface area contributed by atoms with Crippen LogP contribution < -0.4 is 5.32 Å². The van der Waals surface area contributed by atoms with Gasteiger partial charge in [0.15, 0.2) is 4.34 Å². The molecule has 4 rings (SSSR count). The topological polar surface area (TPSA) is 103 Å². The normalized spacial score (nSPS) is 26.1. The summed E-state index contributed by atoms with van der Waals surface area (Å²) in [7, 11) is 0. The first-order valence-corrected chi connectivity index (χ1v) is 9.99. The van der Waals surface area contributed by atoms with Crippen LogP contribution in [0, 0.1) is 35.0 Å². The number of thioether (sulfide) groups is 1. The molecule has 0 spiro atoms. The average Bonchev–Trinajstić information content (AvgIpc) is 3.32. The summed E-state index contributed by atoms with van der Waals surface area (Å²) in [6.45, 7) is 0. The quantitative estimate of drug-likeness (QED) is 0.604. The Morgan fingerprint density at radius 1 is 1.35 bits per heavy atom. The SMILES string of the molecule is N#CCSc1nc2ccc(NC(=O)[C@H]3[C@@H](C(=O)O)[C@H]4C=C[C@H]3C4)cc2s1. The Morgan fingerprint density at radius 3 is 2.85 bits per heavy atom. The second-order valence-corrected chi connectivity index (χ2v) is 8.69. The number of nitrogens with zero attached hydrogens (tertiary/aromatic N) is 2. The predicted molar refractivity (Wildman–Crippen MR) is 99.9 cm³/mol. The highest BCUT2D eigenvalue weighted by molar-refractivity contribution is 8.01. The van der Waals surface area contributed by atoms with Crippen molar-refractivity contribution in [2.24, 2.45) is 23.7 Å². The lowest BCUT2D eigenvalue weighted by molar-refractivity contribution is -0.146. The molecule has 132 valence electrons. The number of carboxylic acid groups (broad SMARTS) is 1. The third-order valence-electron chi connectivity index (χ3n) is 4.94. The third kappa shape index (κ3) is 2.97. The minimum atomic E-state index is -0.904. The Bertz CT molecular complexity index is 962. The number of fused-ring (bicyclic) bond motifs is 3. The van der Waals surface area contributed by atoms with Gasteiger partial charge in [0.05, 0.1) is 33.9 Å². The molecule has 4 atom stereocenters. The molecule has 1 saturated carbocycles. The van der Waals surface area contributed by atoms with Gasteiger partial charge in [-0.15, -0.1) is 11.3 Å². The van der Waals surface area contributed by atoms with E-state index in [9.17, 15) is 14.7 Å². The summed E-state index contributed by atoms with van der Waals surface area (Å²) in [6.07, 6.45) is 4.64. The smallest absolute Gasteiger partial charge is 0.307 e. The fraction of sp³-hybridized carbons (Fsp3) is 0.333. The van der Waals surface area contributed by atoms with Crippen LogP contribution in [0.25, 0.3) is 10.2 Å². The van der Waals surface area contributed by atoms with Crippen LogP contribution in [0.3, 0.4) is 0 Å². The number of thiazole rings is 1. The van der Waals surface area contributed by atoms with E-state index in [0.29, 0.717) is 11.4 Å². The Morgan fingerprint density at radius 2 is 2.12 bits per heavy atom. The van der Waals surface area contributed by atoms with Crippen molar-refractivity contribution < 1.29 is 14.7 Å². The van der Waals surface area contributed by atoms with E-state index in [1.807, 2.05) is 24.3 Å². The lowest BCUT2D eigenvalue weighted by atomic mass is 9.82. The van der Waals surface area contributed by atoms with Gasteiger partial charge in [-0.3, -0.25) is 9.59 Å². The lowest BCUT2D eigenvalue weighted by Gasteiger charge is -2.23. The second-order valence-electron chi connectivity index (χ2n) is 6.44. The number of hydrogen-bond acceptors (Lipinski definition) is 6. The molecule has 26 heavy (non-hydrogen) atoms. The van der Waals surface area contributed by atoms with Crippen LogP contribution >= 0.6 is 23.1 Å². The number of rotatable bonds is 5. The number of nitriles is 1. The Balaban J connectivity index is 1.53. The van der Waals surface area contributed by atoms with Gasteiger partial charge < -0.3 is 10.4 Å². The zero-order chi connectivity index (χ0) is 18.3. The molecule has 0 unspecified atom stereocenters. The van der Waals surface area contributed by atoms with E-state index in [4.69, 9.17) is 5.26 Å². The summed E-state index contributed by atoms with van der Waals surface area (Å²) in [5.74, 6) is -2.01. The number of anilines is 1. The molecule has 2 N–H and O–H groups in total. The van der Waals surface area contributed by atoms with Gasteiger partial charge in [0.2, 0.25) is 5.91 Å². The maximum absolute atomic E-state index is 12.7. The molecule has 2 aliphatic carbocycles. The summed E-state index contributed by atoms with van der Waals surface area (Å²) in [5, 5.41) is 21.0. The highest BCUT2D eigenvalue weighted by Gasteiger charge is 2.51. The van der Waals surface area contributed by atoms with Gasteiger partial charge in [0.25, 0.3) is 0 Å². The van der Waals surface area contributed by atoms with Crippen LogP contribution in [0.1, 0.15) is 6.42 Å². The Hall–Kier alpha value is -2.37. The molecule has 6 nitrogen and oxygen atoms in total. The highest BCUT2D eigenvalue weighted by Crippen LogP contribution is 2.48. The second kappa shape index (κ2) is 6.74. The molecule has 0 saturated heterocycles. The zero-order valence-corrected chi connectivity index (χ0v) is 15.2. The molecule has 0 radical (unpaired) electrons. The monoisotopic (exact) mass is 385 g/mol. The molecule has 1 fully saturated rings. The van der Waals surface area contributed by atoms with Crippen molar-refractivity contribution in [1.29, 1.82) is 5.26 Å². The van der Waals surface area contributed by atoms with Crippen LogP contribution in [0.5, 0.6) is 0 Å². The largest absolute Gasteiger partial charge is 0.481 e. The minimum Gasteiger partial charge on any atom is -0.481 e.